The number of methoxy groups -OCH3 is 2. The van der Waals surface area contributed by atoms with Gasteiger partial charge in [0, 0.05) is 11.4 Å². The van der Waals surface area contributed by atoms with Crippen molar-refractivity contribution in [3.05, 3.63) is 64.8 Å². The van der Waals surface area contributed by atoms with Crippen LogP contribution in [-0.2, 0) is 0 Å². The van der Waals surface area contributed by atoms with Crippen LogP contribution in [0.25, 0.3) is 0 Å². The van der Waals surface area contributed by atoms with Gasteiger partial charge in [0.15, 0.2) is 6.04 Å². The molecule has 0 spiro atoms. The molecule has 0 fully saturated rings. The number of benzene rings is 2. The number of hydrogen-bond donors (Lipinski definition) is 2. The number of hydrogen-bond acceptors (Lipinski definition) is 5. The Morgan fingerprint density at radius 2 is 2.00 bits per heavy atom. The van der Waals surface area contributed by atoms with Crippen LogP contribution in [-0.4, -0.2) is 36.1 Å². The Morgan fingerprint density at radius 3 is 2.70 bits per heavy atom. The molecule has 0 bridgehead atoms. The average Bonchev–Trinajstić information content (AvgIpc) is 3.22. The molecule has 1 aliphatic heterocycles. The van der Waals surface area contributed by atoms with Crippen LogP contribution in [0.1, 0.15) is 34.4 Å². The number of alkyl halides is 3. The standard InChI is InChI=1S/C22H20ClF3N4O3/c1-32-14-5-3-4-12(8-14)16-10-19(22(24,25)26)30-20(28-16)15(11-27-30)21(31)29-17-9-13(23)6-7-18(17)33-2/h3-9,11,16,19,28H,10H2,1-2H3,(H,29,31)/t16-,19+/m0/s1. The lowest BCUT2D eigenvalue weighted by atomic mass is 9.96. The van der Waals surface area contributed by atoms with Gasteiger partial charge in [-0.2, -0.15) is 18.3 Å². The van der Waals surface area contributed by atoms with Crippen molar-refractivity contribution in [2.75, 3.05) is 24.9 Å². The van der Waals surface area contributed by atoms with Crippen LogP contribution in [0, 0.1) is 0 Å². The van der Waals surface area contributed by atoms with Gasteiger partial charge >= 0.3 is 6.18 Å². The molecule has 0 aliphatic carbocycles. The normalized spacial score (nSPS) is 17.6. The van der Waals surface area contributed by atoms with Crippen LogP contribution in [0.5, 0.6) is 11.5 Å². The highest BCUT2D eigenvalue weighted by molar-refractivity contribution is 6.31. The monoisotopic (exact) mass is 480 g/mol. The Bertz CT molecular complexity index is 1180. The van der Waals surface area contributed by atoms with E-state index in [1.807, 2.05) is 0 Å². The maximum Gasteiger partial charge on any atom is 0.410 e. The van der Waals surface area contributed by atoms with Crippen molar-refractivity contribution >= 4 is 29.0 Å². The number of carbonyl (C=O) groups excluding carboxylic acids is 1. The molecule has 1 aliphatic rings. The molecule has 11 heteroatoms. The van der Waals surface area contributed by atoms with Gasteiger partial charge < -0.3 is 20.1 Å². The summed E-state index contributed by atoms with van der Waals surface area (Å²) >= 11 is 6.01. The second-order valence-corrected chi connectivity index (χ2v) is 7.85. The van der Waals surface area contributed by atoms with E-state index in [0.29, 0.717) is 22.1 Å². The largest absolute Gasteiger partial charge is 0.497 e. The Balaban J connectivity index is 1.71. The van der Waals surface area contributed by atoms with Gasteiger partial charge in [0.2, 0.25) is 0 Å². The van der Waals surface area contributed by atoms with Crippen molar-refractivity contribution in [2.24, 2.45) is 0 Å². The number of amides is 1. The minimum absolute atomic E-state index is 0.0325. The SMILES string of the molecule is COc1cccc([C@@H]2C[C@H](C(F)(F)F)n3ncc(C(=O)Nc4cc(Cl)ccc4OC)c3N2)c1. The third kappa shape index (κ3) is 4.56. The highest BCUT2D eigenvalue weighted by atomic mass is 35.5. The van der Waals surface area contributed by atoms with Crippen LogP contribution in [0.2, 0.25) is 5.02 Å². The summed E-state index contributed by atoms with van der Waals surface area (Å²) in [6, 6.07) is 8.78. The minimum atomic E-state index is -4.57. The molecular weight excluding hydrogens is 461 g/mol. The second-order valence-electron chi connectivity index (χ2n) is 7.42. The fourth-order valence-electron chi connectivity index (χ4n) is 3.77. The summed E-state index contributed by atoms with van der Waals surface area (Å²) in [5.74, 6) is 0.179. The molecule has 0 unspecified atom stereocenters. The van der Waals surface area contributed by atoms with Crippen LogP contribution in [0.15, 0.2) is 48.7 Å². The first-order chi connectivity index (χ1) is 15.7. The number of carbonyl (C=O) groups is 1. The van der Waals surface area contributed by atoms with E-state index >= 15 is 0 Å². The number of fused-ring (bicyclic) bond motifs is 1. The lowest BCUT2D eigenvalue weighted by molar-refractivity contribution is -0.173. The lowest BCUT2D eigenvalue weighted by Gasteiger charge is -2.34. The number of halogens is 4. The Labute approximate surface area is 192 Å². The molecule has 0 radical (unpaired) electrons. The van der Waals surface area contributed by atoms with E-state index < -0.39 is 24.2 Å². The van der Waals surface area contributed by atoms with Gasteiger partial charge in [-0.15, -0.1) is 0 Å². The Kier molecular flexibility index (Phi) is 6.11. The van der Waals surface area contributed by atoms with E-state index in [2.05, 4.69) is 15.7 Å². The van der Waals surface area contributed by atoms with E-state index in [9.17, 15) is 18.0 Å². The first-order valence-corrected chi connectivity index (χ1v) is 10.3. The quantitative estimate of drug-likeness (QED) is 0.506. The van der Waals surface area contributed by atoms with E-state index in [0.717, 1.165) is 10.9 Å². The van der Waals surface area contributed by atoms with Gasteiger partial charge in [-0.25, -0.2) is 4.68 Å². The number of ether oxygens (including phenoxy) is 2. The summed E-state index contributed by atoms with van der Waals surface area (Å²) in [7, 11) is 2.91. The van der Waals surface area contributed by atoms with Crippen molar-refractivity contribution in [2.45, 2.75) is 24.7 Å². The Hall–Kier alpha value is -3.40. The second kappa shape index (κ2) is 8.86. The maximum atomic E-state index is 13.9. The predicted molar refractivity (Wildman–Crippen MR) is 117 cm³/mol. The molecule has 7 nitrogen and oxygen atoms in total. The summed E-state index contributed by atoms with van der Waals surface area (Å²) in [5, 5.41) is 9.93. The fourth-order valence-corrected chi connectivity index (χ4v) is 3.95. The molecule has 1 aromatic heterocycles. The number of nitrogens with one attached hydrogen (secondary N) is 2. The topological polar surface area (TPSA) is 77.4 Å². The molecule has 0 saturated carbocycles. The van der Waals surface area contributed by atoms with Crippen molar-refractivity contribution < 1.29 is 27.4 Å². The molecule has 2 heterocycles. The molecule has 174 valence electrons. The van der Waals surface area contributed by atoms with Gasteiger partial charge in [0.1, 0.15) is 22.9 Å². The number of anilines is 2. The van der Waals surface area contributed by atoms with E-state index in [1.165, 1.54) is 20.3 Å². The zero-order valence-corrected chi connectivity index (χ0v) is 18.4. The summed E-state index contributed by atoms with van der Waals surface area (Å²) in [4.78, 5) is 13.0. The van der Waals surface area contributed by atoms with Crippen molar-refractivity contribution in [3.63, 3.8) is 0 Å². The van der Waals surface area contributed by atoms with Gasteiger partial charge in [-0.05, 0) is 35.9 Å². The van der Waals surface area contributed by atoms with Crippen LogP contribution in [0.3, 0.4) is 0 Å². The molecule has 0 saturated heterocycles. The maximum absolute atomic E-state index is 13.9. The van der Waals surface area contributed by atoms with Crippen molar-refractivity contribution in [1.29, 1.82) is 0 Å². The summed E-state index contributed by atoms with van der Waals surface area (Å²) in [6.07, 6.45) is -3.75. The van der Waals surface area contributed by atoms with Crippen LogP contribution < -0.4 is 20.1 Å². The summed E-state index contributed by atoms with van der Waals surface area (Å²) < 4.78 is 53.0. The number of aromatic nitrogens is 2. The minimum Gasteiger partial charge on any atom is -0.497 e. The molecule has 3 aromatic rings. The first-order valence-electron chi connectivity index (χ1n) is 9.91. The van der Waals surface area contributed by atoms with E-state index in [1.54, 1.807) is 36.4 Å². The van der Waals surface area contributed by atoms with Gasteiger partial charge in [-0.3, -0.25) is 4.79 Å². The third-order valence-corrected chi connectivity index (χ3v) is 5.62. The molecule has 2 N–H and O–H groups in total. The zero-order valence-electron chi connectivity index (χ0n) is 17.6. The molecular formula is C22H20ClF3N4O3. The number of nitrogens with zero attached hydrogens (tertiary/aromatic N) is 2. The van der Waals surface area contributed by atoms with Crippen molar-refractivity contribution in [1.82, 2.24) is 9.78 Å². The molecule has 2 aromatic carbocycles. The van der Waals surface area contributed by atoms with E-state index in [4.69, 9.17) is 21.1 Å². The van der Waals surface area contributed by atoms with E-state index in [-0.39, 0.29) is 23.5 Å². The van der Waals surface area contributed by atoms with Gasteiger partial charge in [0.05, 0.1) is 32.1 Å². The third-order valence-electron chi connectivity index (χ3n) is 5.39. The Morgan fingerprint density at radius 1 is 1.21 bits per heavy atom. The van der Waals surface area contributed by atoms with Crippen LogP contribution >= 0.6 is 11.6 Å². The summed E-state index contributed by atoms with van der Waals surface area (Å²) in [5.41, 5.74) is 0.834. The lowest BCUT2D eigenvalue weighted by Crippen LogP contribution is -2.36. The fraction of sp³-hybridized carbons (Fsp3) is 0.273. The van der Waals surface area contributed by atoms with Crippen LogP contribution in [0.4, 0.5) is 24.7 Å². The molecule has 33 heavy (non-hydrogen) atoms. The number of rotatable bonds is 5. The molecule has 4 rings (SSSR count). The smallest absolute Gasteiger partial charge is 0.410 e. The predicted octanol–water partition coefficient (Wildman–Crippen LogP) is 5.47. The first kappa shape index (κ1) is 22.8. The average molecular weight is 481 g/mol. The van der Waals surface area contributed by atoms with Crippen molar-refractivity contribution in [3.8, 4) is 11.5 Å². The highest BCUT2D eigenvalue weighted by Gasteiger charge is 2.47. The van der Waals surface area contributed by atoms with Gasteiger partial charge in [-0.1, -0.05) is 23.7 Å². The molecule has 1 amide bonds. The molecule has 2 atom stereocenters. The summed E-state index contributed by atoms with van der Waals surface area (Å²) in [6.45, 7) is 0. The van der Waals surface area contributed by atoms with Gasteiger partial charge in [0.25, 0.3) is 5.91 Å². The zero-order chi connectivity index (χ0) is 23.8. The highest BCUT2D eigenvalue weighted by Crippen LogP contribution is 2.44.